The second-order valence-corrected chi connectivity index (χ2v) is 17.2. The number of furan rings is 1. The van der Waals surface area contributed by atoms with Crippen molar-refractivity contribution in [3.8, 4) is 22.3 Å². The molecule has 3 nitrogen and oxygen atoms in total. The average Bonchev–Trinajstić information content (AvgIpc) is 3.64. The highest BCUT2D eigenvalue weighted by atomic mass is 16.3. The molecule has 0 N–H and O–H groups in total. The predicted octanol–water partition coefficient (Wildman–Crippen LogP) is 11.5. The van der Waals surface area contributed by atoms with E-state index >= 15 is 0 Å². The van der Waals surface area contributed by atoms with Crippen molar-refractivity contribution in [3.05, 3.63) is 132 Å². The van der Waals surface area contributed by atoms with Crippen LogP contribution in [0, 0.1) is 0 Å². The van der Waals surface area contributed by atoms with Crippen LogP contribution in [-0.4, -0.2) is 12.4 Å². The summed E-state index contributed by atoms with van der Waals surface area (Å²) in [6.07, 6.45) is 4.88. The van der Waals surface area contributed by atoms with Gasteiger partial charge in [0, 0.05) is 38.8 Å². The van der Waals surface area contributed by atoms with Crippen LogP contribution in [0.1, 0.15) is 71.4 Å². The van der Waals surface area contributed by atoms with E-state index in [-0.39, 0.29) is 23.2 Å². The van der Waals surface area contributed by atoms with Crippen LogP contribution in [0.25, 0.3) is 44.0 Å². The number of rotatable bonds is 2. The van der Waals surface area contributed by atoms with E-state index < -0.39 is 0 Å². The van der Waals surface area contributed by atoms with Gasteiger partial charge in [0.05, 0.1) is 11.4 Å². The van der Waals surface area contributed by atoms with Gasteiger partial charge in [0.15, 0.2) is 0 Å². The van der Waals surface area contributed by atoms with E-state index in [1.54, 1.807) is 0 Å². The number of hydrogen-bond donors (Lipinski definition) is 0. The van der Waals surface area contributed by atoms with E-state index in [4.69, 9.17) is 4.42 Å². The Morgan fingerprint density at radius 3 is 2.25 bits per heavy atom. The first-order valence-corrected chi connectivity index (χ1v) is 19.2. The zero-order chi connectivity index (χ0) is 35.1. The summed E-state index contributed by atoms with van der Waals surface area (Å²) >= 11 is 0. The third-order valence-electron chi connectivity index (χ3n) is 13.5. The first-order valence-electron chi connectivity index (χ1n) is 19.2. The van der Waals surface area contributed by atoms with E-state index in [0.29, 0.717) is 0 Å². The van der Waals surface area contributed by atoms with Crippen molar-refractivity contribution in [1.82, 2.24) is 0 Å². The van der Waals surface area contributed by atoms with Crippen molar-refractivity contribution < 1.29 is 4.42 Å². The lowest BCUT2D eigenvalue weighted by atomic mass is 9.44. The zero-order valence-corrected chi connectivity index (χ0v) is 30.8. The molecule has 0 spiro atoms. The molecule has 4 aliphatic rings. The maximum Gasteiger partial charge on any atom is 0.371 e. The normalized spacial score (nSPS) is 21.3. The van der Waals surface area contributed by atoms with Gasteiger partial charge in [-0.2, -0.15) is 0 Å². The van der Waals surface area contributed by atoms with Gasteiger partial charge in [-0.05, 0) is 94.0 Å². The average molecular weight is 675 g/mol. The summed E-state index contributed by atoms with van der Waals surface area (Å²) in [5.41, 5.74) is 16.4. The maximum atomic E-state index is 7.27. The molecule has 0 amide bonds. The Morgan fingerprint density at radius 2 is 1.42 bits per heavy atom. The first kappa shape index (κ1) is 30.4. The van der Waals surface area contributed by atoms with Gasteiger partial charge >= 0.3 is 6.85 Å². The van der Waals surface area contributed by atoms with Gasteiger partial charge in [-0.25, -0.2) is 0 Å². The van der Waals surface area contributed by atoms with Crippen LogP contribution in [0.15, 0.2) is 126 Å². The van der Waals surface area contributed by atoms with Crippen LogP contribution in [0.2, 0.25) is 0 Å². The molecule has 4 heteroatoms. The molecule has 52 heavy (non-hydrogen) atoms. The highest BCUT2D eigenvalue weighted by molar-refractivity contribution is 6.93. The number of nitrogens with zero attached hydrogens (tertiary/aromatic N) is 2. The minimum Gasteiger partial charge on any atom is -0.466 e. The van der Waals surface area contributed by atoms with E-state index in [1.165, 1.54) is 91.6 Å². The lowest BCUT2D eigenvalue weighted by Gasteiger charge is -2.54. The van der Waals surface area contributed by atoms with Gasteiger partial charge in [-0.1, -0.05) is 132 Å². The van der Waals surface area contributed by atoms with E-state index in [0.717, 1.165) is 23.0 Å². The highest BCUT2D eigenvalue weighted by Gasteiger charge is 2.64. The Balaban J connectivity index is 1.31. The molecule has 2 atom stereocenters. The third kappa shape index (κ3) is 3.73. The summed E-state index contributed by atoms with van der Waals surface area (Å²) in [5.74, 6) is 0. The third-order valence-corrected chi connectivity index (χ3v) is 13.5. The first-order chi connectivity index (χ1) is 25.2. The summed E-state index contributed by atoms with van der Waals surface area (Å²) < 4.78 is 7.27. The lowest BCUT2D eigenvalue weighted by Crippen LogP contribution is -2.70. The summed E-state index contributed by atoms with van der Waals surface area (Å²) in [7, 11) is 0. The standard InChI is InChI=1S/C48H43BN2O/c1-46(2,3)32-24-25-38(36(29-32)30-16-7-6-8-17-30)50-39-28-31-18-9-10-19-33(31)41-35-21-15-22-37-43(35)51(48(5)27-14-13-26-47(37,48)4)49(42(39)41)45-44(50)34-20-11-12-23-40(34)52-45/h6-12,15-25,28-29H,13-14,26-27H2,1-5H3. The van der Waals surface area contributed by atoms with Crippen LogP contribution < -0.4 is 20.8 Å². The Bertz CT molecular complexity index is 2630. The van der Waals surface area contributed by atoms with Gasteiger partial charge in [0.2, 0.25) is 0 Å². The molecule has 2 unspecified atom stereocenters. The fraction of sp³-hybridized carbons (Fsp3) is 0.250. The van der Waals surface area contributed by atoms with Crippen molar-refractivity contribution >= 4 is 62.5 Å². The van der Waals surface area contributed by atoms with Crippen molar-refractivity contribution in [3.63, 3.8) is 0 Å². The van der Waals surface area contributed by atoms with Crippen molar-refractivity contribution in [2.24, 2.45) is 0 Å². The monoisotopic (exact) mass is 674 g/mol. The second-order valence-electron chi connectivity index (χ2n) is 17.2. The molecule has 1 aliphatic carbocycles. The molecule has 0 bridgehead atoms. The molecule has 3 aliphatic heterocycles. The number of hydrogen-bond acceptors (Lipinski definition) is 3. The SMILES string of the molecule is CC(C)(C)c1ccc(N2c3cc4ccccc4c4c3B(c3oc5ccccc5c32)N2c3c-4cccc3C3(C)CCCCC23C)c(-c2ccccc2)c1. The van der Waals surface area contributed by atoms with Crippen LogP contribution in [-0.2, 0) is 10.8 Å². The molecule has 0 saturated heterocycles. The summed E-state index contributed by atoms with van der Waals surface area (Å²) in [4.78, 5) is 5.43. The van der Waals surface area contributed by atoms with Crippen molar-refractivity contribution in [1.29, 1.82) is 0 Å². The molecule has 4 heterocycles. The summed E-state index contributed by atoms with van der Waals surface area (Å²) in [6, 6.07) is 45.5. The minimum atomic E-state index is -0.0586. The maximum absolute atomic E-state index is 7.27. The fourth-order valence-electron chi connectivity index (χ4n) is 10.8. The molecular weight excluding hydrogens is 631 g/mol. The molecule has 0 radical (unpaired) electrons. The van der Waals surface area contributed by atoms with Crippen LogP contribution in [0.5, 0.6) is 0 Å². The minimum absolute atomic E-state index is 0.00390. The molecule has 1 fully saturated rings. The Morgan fingerprint density at radius 1 is 0.673 bits per heavy atom. The Hall–Kier alpha value is -5.22. The van der Waals surface area contributed by atoms with Crippen LogP contribution >= 0.6 is 0 Å². The molecule has 11 rings (SSSR count). The quantitative estimate of drug-likeness (QED) is 0.170. The molecule has 1 saturated carbocycles. The zero-order valence-electron chi connectivity index (χ0n) is 30.8. The smallest absolute Gasteiger partial charge is 0.371 e. The lowest BCUT2D eigenvalue weighted by molar-refractivity contribution is 0.199. The van der Waals surface area contributed by atoms with E-state index in [2.05, 4.69) is 166 Å². The summed E-state index contributed by atoms with van der Waals surface area (Å²) in [5, 5.41) is 3.74. The van der Waals surface area contributed by atoms with Gasteiger partial charge in [0.1, 0.15) is 11.2 Å². The Kier molecular flexibility index (Phi) is 5.98. The topological polar surface area (TPSA) is 19.6 Å². The van der Waals surface area contributed by atoms with E-state index in [1.807, 2.05) is 0 Å². The summed E-state index contributed by atoms with van der Waals surface area (Å²) in [6.45, 7) is 12.0. The van der Waals surface area contributed by atoms with Gasteiger partial charge in [0.25, 0.3) is 0 Å². The van der Waals surface area contributed by atoms with Crippen molar-refractivity contribution in [2.75, 3.05) is 9.71 Å². The molecule has 6 aromatic carbocycles. The van der Waals surface area contributed by atoms with Crippen molar-refractivity contribution in [2.45, 2.75) is 76.7 Å². The van der Waals surface area contributed by atoms with E-state index in [9.17, 15) is 0 Å². The molecule has 7 aromatic rings. The predicted molar refractivity (Wildman–Crippen MR) is 220 cm³/mol. The number of benzene rings is 6. The highest BCUT2D eigenvalue weighted by Crippen LogP contribution is 2.63. The fourth-order valence-corrected chi connectivity index (χ4v) is 10.8. The number of para-hydroxylation sites is 2. The molecular formula is C48H43BN2O. The van der Waals surface area contributed by atoms with Gasteiger partial charge < -0.3 is 14.1 Å². The molecule has 1 aromatic heterocycles. The Labute approximate surface area is 307 Å². The second kappa shape index (κ2) is 10.2. The van der Waals surface area contributed by atoms with Gasteiger partial charge in [-0.3, -0.25) is 0 Å². The number of anilines is 4. The van der Waals surface area contributed by atoms with Crippen LogP contribution in [0.4, 0.5) is 22.7 Å². The molecule has 254 valence electrons. The van der Waals surface area contributed by atoms with Crippen LogP contribution in [0.3, 0.4) is 0 Å². The largest absolute Gasteiger partial charge is 0.466 e. The number of fused-ring (bicyclic) bond motifs is 11. The van der Waals surface area contributed by atoms with Gasteiger partial charge in [-0.15, -0.1) is 0 Å².